The molecule has 2 aromatic carbocycles. The fraction of sp³-hybridized carbons (Fsp3) is 0.250. The standard InChI is InChI=1S/C16H16FNO/c17-14-4-1-11(2-5-14)9-15(18)12-3-6-16-13(10-12)7-8-19-16/h1-6,10,15H,7-9,18H2. The Bertz CT molecular complexity index is 580. The van der Waals surface area contributed by atoms with E-state index in [1.54, 1.807) is 12.1 Å². The molecule has 0 amide bonds. The summed E-state index contributed by atoms with van der Waals surface area (Å²) in [5.74, 6) is 0.754. The van der Waals surface area contributed by atoms with Crippen molar-refractivity contribution in [2.24, 2.45) is 5.73 Å². The van der Waals surface area contributed by atoms with E-state index in [2.05, 4.69) is 6.07 Å². The van der Waals surface area contributed by atoms with Crippen molar-refractivity contribution in [3.05, 3.63) is 65.0 Å². The van der Waals surface area contributed by atoms with Gasteiger partial charge in [0.25, 0.3) is 0 Å². The molecular formula is C16H16FNO. The molecule has 0 bridgehead atoms. The third-order valence-electron chi connectivity index (χ3n) is 3.51. The van der Waals surface area contributed by atoms with Crippen molar-refractivity contribution in [2.45, 2.75) is 18.9 Å². The normalized spacial score (nSPS) is 14.8. The van der Waals surface area contributed by atoms with Crippen molar-refractivity contribution in [1.29, 1.82) is 0 Å². The van der Waals surface area contributed by atoms with Gasteiger partial charge < -0.3 is 10.5 Å². The fourth-order valence-corrected chi connectivity index (χ4v) is 2.43. The molecule has 0 saturated carbocycles. The van der Waals surface area contributed by atoms with Crippen LogP contribution in [0.1, 0.15) is 22.7 Å². The van der Waals surface area contributed by atoms with Gasteiger partial charge in [0, 0.05) is 12.5 Å². The van der Waals surface area contributed by atoms with Gasteiger partial charge in [-0.15, -0.1) is 0 Å². The van der Waals surface area contributed by atoms with Gasteiger partial charge in [-0.3, -0.25) is 0 Å². The highest BCUT2D eigenvalue weighted by Gasteiger charge is 2.15. The predicted octanol–water partition coefficient (Wildman–Crippen LogP) is 3.00. The SMILES string of the molecule is NC(Cc1ccc(F)cc1)c1ccc2c(c1)CCO2. The van der Waals surface area contributed by atoms with Gasteiger partial charge in [-0.2, -0.15) is 0 Å². The van der Waals surface area contributed by atoms with Gasteiger partial charge in [0.15, 0.2) is 0 Å². The molecule has 0 radical (unpaired) electrons. The first-order valence-electron chi connectivity index (χ1n) is 6.48. The van der Waals surface area contributed by atoms with Crippen molar-refractivity contribution in [3.8, 4) is 5.75 Å². The first-order chi connectivity index (χ1) is 9.22. The summed E-state index contributed by atoms with van der Waals surface area (Å²) in [4.78, 5) is 0. The molecule has 1 unspecified atom stereocenters. The highest BCUT2D eigenvalue weighted by molar-refractivity contribution is 5.41. The maximum absolute atomic E-state index is 12.9. The molecule has 0 aromatic heterocycles. The molecule has 3 rings (SSSR count). The Hall–Kier alpha value is -1.87. The van der Waals surface area contributed by atoms with E-state index in [0.717, 1.165) is 29.9 Å². The topological polar surface area (TPSA) is 35.2 Å². The molecule has 3 heteroatoms. The summed E-state index contributed by atoms with van der Waals surface area (Å²) in [5.41, 5.74) is 9.61. The van der Waals surface area contributed by atoms with E-state index in [1.807, 2.05) is 12.1 Å². The Kier molecular flexibility index (Phi) is 3.22. The number of hydrogen-bond acceptors (Lipinski definition) is 2. The summed E-state index contributed by atoms with van der Waals surface area (Å²) in [6.07, 6.45) is 1.66. The molecule has 0 saturated heterocycles. The molecule has 1 aliphatic rings. The van der Waals surface area contributed by atoms with Crippen LogP contribution < -0.4 is 10.5 Å². The zero-order valence-corrected chi connectivity index (χ0v) is 10.6. The number of halogens is 1. The van der Waals surface area contributed by atoms with Gasteiger partial charge in [0.05, 0.1) is 6.61 Å². The second-order valence-electron chi connectivity index (χ2n) is 4.90. The molecule has 2 N–H and O–H groups in total. The van der Waals surface area contributed by atoms with Crippen molar-refractivity contribution in [2.75, 3.05) is 6.61 Å². The highest BCUT2D eigenvalue weighted by Crippen LogP contribution is 2.28. The molecule has 1 heterocycles. The van der Waals surface area contributed by atoms with Crippen LogP contribution in [0, 0.1) is 5.82 Å². The highest BCUT2D eigenvalue weighted by atomic mass is 19.1. The molecule has 0 aliphatic carbocycles. The Labute approximate surface area is 112 Å². The molecule has 1 atom stereocenters. The van der Waals surface area contributed by atoms with Crippen LogP contribution in [-0.4, -0.2) is 6.61 Å². The summed E-state index contributed by atoms with van der Waals surface area (Å²) < 4.78 is 18.3. The molecule has 0 spiro atoms. The lowest BCUT2D eigenvalue weighted by Crippen LogP contribution is -2.13. The smallest absolute Gasteiger partial charge is 0.123 e. The Balaban J connectivity index is 1.76. The number of rotatable bonds is 3. The molecule has 0 fully saturated rings. The lowest BCUT2D eigenvalue weighted by molar-refractivity contribution is 0.357. The van der Waals surface area contributed by atoms with Gasteiger partial charge in [-0.25, -0.2) is 4.39 Å². The van der Waals surface area contributed by atoms with Crippen LogP contribution in [0.2, 0.25) is 0 Å². The summed E-state index contributed by atoms with van der Waals surface area (Å²) >= 11 is 0. The quantitative estimate of drug-likeness (QED) is 0.917. The summed E-state index contributed by atoms with van der Waals surface area (Å²) in [6.45, 7) is 0.756. The average molecular weight is 257 g/mol. The largest absolute Gasteiger partial charge is 0.493 e. The second-order valence-corrected chi connectivity index (χ2v) is 4.90. The predicted molar refractivity (Wildman–Crippen MR) is 72.7 cm³/mol. The minimum Gasteiger partial charge on any atom is -0.493 e. The van der Waals surface area contributed by atoms with Crippen molar-refractivity contribution < 1.29 is 9.13 Å². The lowest BCUT2D eigenvalue weighted by Gasteiger charge is -2.13. The Morgan fingerprint density at radius 2 is 1.95 bits per heavy atom. The first kappa shape index (κ1) is 12.2. The maximum Gasteiger partial charge on any atom is 0.123 e. The van der Waals surface area contributed by atoms with E-state index in [4.69, 9.17) is 10.5 Å². The zero-order valence-electron chi connectivity index (χ0n) is 10.6. The number of fused-ring (bicyclic) bond motifs is 1. The minimum absolute atomic E-state index is 0.0728. The molecule has 98 valence electrons. The summed E-state index contributed by atoms with van der Waals surface area (Å²) in [6, 6.07) is 12.6. The van der Waals surface area contributed by atoms with Gasteiger partial charge in [0.1, 0.15) is 11.6 Å². The van der Waals surface area contributed by atoms with Crippen LogP contribution >= 0.6 is 0 Å². The van der Waals surface area contributed by atoms with Crippen LogP contribution in [-0.2, 0) is 12.8 Å². The van der Waals surface area contributed by atoms with Gasteiger partial charge in [-0.1, -0.05) is 24.3 Å². The van der Waals surface area contributed by atoms with E-state index in [1.165, 1.54) is 17.7 Å². The molecule has 2 nitrogen and oxygen atoms in total. The monoisotopic (exact) mass is 257 g/mol. The average Bonchev–Trinajstić information content (AvgIpc) is 2.88. The summed E-state index contributed by atoms with van der Waals surface area (Å²) in [7, 11) is 0. The number of benzene rings is 2. The Morgan fingerprint density at radius 3 is 2.74 bits per heavy atom. The van der Waals surface area contributed by atoms with Gasteiger partial charge >= 0.3 is 0 Å². The van der Waals surface area contributed by atoms with Crippen molar-refractivity contribution in [1.82, 2.24) is 0 Å². The molecular weight excluding hydrogens is 241 g/mol. The number of nitrogens with two attached hydrogens (primary N) is 1. The van der Waals surface area contributed by atoms with E-state index in [-0.39, 0.29) is 11.9 Å². The van der Waals surface area contributed by atoms with E-state index in [9.17, 15) is 4.39 Å². The zero-order chi connectivity index (χ0) is 13.2. The lowest BCUT2D eigenvalue weighted by atomic mass is 9.97. The maximum atomic E-state index is 12.9. The van der Waals surface area contributed by atoms with Gasteiger partial charge in [-0.05, 0) is 41.3 Å². The van der Waals surface area contributed by atoms with Crippen LogP contribution in [0.25, 0.3) is 0 Å². The summed E-state index contributed by atoms with van der Waals surface area (Å²) in [5, 5.41) is 0. The molecule has 1 aliphatic heterocycles. The van der Waals surface area contributed by atoms with Gasteiger partial charge in [0.2, 0.25) is 0 Å². The van der Waals surface area contributed by atoms with Crippen LogP contribution in [0.5, 0.6) is 5.75 Å². The molecule has 19 heavy (non-hydrogen) atoms. The van der Waals surface area contributed by atoms with E-state index >= 15 is 0 Å². The molecule has 2 aromatic rings. The van der Waals surface area contributed by atoms with Crippen molar-refractivity contribution >= 4 is 0 Å². The third kappa shape index (κ3) is 2.61. The van der Waals surface area contributed by atoms with Crippen molar-refractivity contribution in [3.63, 3.8) is 0 Å². The first-order valence-corrected chi connectivity index (χ1v) is 6.48. The minimum atomic E-state index is -0.216. The second kappa shape index (κ2) is 5.02. The number of hydrogen-bond donors (Lipinski definition) is 1. The van der Waals surface area contributed by atoms with Crippen LogP contribution in [0.3, 0.4) is 0 Å². The van der Waals surface area contributed by atoms with Crippen LogP contribution in [0.4, 0.5) is 4.39 Å². The van der Waals surface area contributed by atoms with E-state index in [0.29, 0.717) is 6.42 Å². The Morgan fingerprint density at radius 1 is 1.16 bits per heavy atom. The number of ether oxygens (including phenoxy) is 1. The van der Waals surface area contributed by atoms with E-state index < -0.39 is 0 Å². The van der Waals surface area contributed by atoms with Crippen LogP contribution in [0.15, 0.2) is 42.5 Å². The third-order valence-corrected chi connectivity index (χ3v) is 3.51. The fourth-order valence-electron chi connectivity index (χ4n) is 2.43.